The van der Waals surface area contributed by atoms with Gasteiger partial charge in [0.15, 0.2) is 17.7 Å². The van der Waals surface area contributed by atoms with E-state index in [9.17, 15) is 4.39 Å². The third-order valence-corrected chi connectivity index (χ3v) is 5.68. The number of rotatable bonds is 4. The highest BCUT2D eigenvalue weighted by Crippen LogP contribution is 2.32. The van der Waals surface area contributed by atoms with Crippen LogP contribution in [0.4, 0.5) is 4.39 Å². The first-order valence-electron chi connectivity index (χ1n) is 10.3. The van der Waals surface area contributed by atoms with E-state index in [0.29, 0.717) is 6.61 Å². The molecule has 3 aromatic rings. The summed E-state index contributed by atoms with van der Waals surface area (Å²) in [5.74, 6) is 1.41. The summed E-state index contributed by atoms with van der Waals surface area (Å²) in [7, 11) is 0. The lowest BCUT2D eigenvalue weighted by molar-refractivity contribution is -0.0502. The average Bonchev–Trinajstić information content (AvgIpc) is 2.80. The van der Waals surface area contributed by atoms with Crippen LogP contribution in [-0.4, -0.2) is 53.8 Å². The molecule has 0 N–H and O–H groups in total. The molecule has 1 fully saturated rings. The Morgan fingerprint density at radius 2 is 1.70 bits per heavy atom. The zero-order chi connectivity index (χ0) is 20.3. The SMILES string of the molecule is Fc1ccc(-c2cc(CN3CCN(C4COc5ccccc5O4)CC3)ccn2)cc1. The van der Waals surface area contributed by atoms with Gasteiger partial charge in [-0.1, -0.05) is 12.1 Å². The number of fused-ring (bicyclic) bond motifs is 1. The molecule has 1 saturated heterocycles. The van der Waals surface area contributed by atoms with Crippen LogP contribution < -0.4 is 9.47 Å². The molecule has 30 heavy (non-hydrogen) atoms. The van der Waals surface area contributed by atoms with Crippen LogP contribution in [0, 0.1) is 5.82 Å². The van der Waals surface area contributed by atoms with Crippen molar-refractivity contribution in [2.75, 3.05) is 32.8 Å². The maximum Gasteiger partial charge on any atom is 0.187 e. The lowest BCUT2D eigenvalue weighted by Crippen LogP contribution is -2.54. The normalized spacial score (nSPS) is 19.6. The van der Waals surface area contributed by atoms with Crippen LogP contribution in [0.25, 0.3) is 11.3 Å². The van der Waals surface area contributed by atoms with Gasteiger partial charge in [-0.2, -0.15) is 0 Å². The van der Waals surface area contributed by atoms with Crippen LogP contribution in [0.1, 0.15) is 5.56 Å². The van der Waals surface area contributed by atoms with Crippen LogP contribution in [0.15, 0.2) is 66.9 Å². The summed E-state index contributed by atoms with van der Waals surface area (Å²) < 4.78 is 25.2. The van der Waals surface area contributed by atoms with Gasteiger partial charge in [-0.05, 0) is 54.1 Å². The summed E-state index contributed by atoms with van der Waals surface area (Å²) in [5.41, 5.74) is 3.01. The van der Waals surface area contributed by atoms with Crippen LogP contribution in [0.5, 0.6) is 11.5 Å². The molecule has 2 aliphatic heterocycles. The van der Waals surface area contributed by atoms with Gasteiger partial charge >= 0.3 is 0 Å². The fraction of sp³-hybridized carbons (Fsp3) is 0.292. The number of nitrogens with zero attached hydrogens (tertiary/aromatic N) is 3. The molecule has 2 aromatic carbocycles. The predicted octanol–water partition coefficient (Wildman–Crippen LogP) is 3.80. The summed E-state index contributed by atoms with van der Waals surface area (Å²) >= 11 is 0. The van der Waals surface area contributed by atoms with Gasteiger partial charge in [0, 0.05) is 44.5 Å². The predicted molar refractivity (Wildman–Crippen MR) is 113 cm³/mol. The first-order valence-corrected chi connectivity index (χ1v) is 10.3. The van der Waals surface area contributed by atoms with Gasteiger partial charge in [0.05, 0.1) is 5.69 Å². The highest BCUT2D eigenvalue weighted by atomic mass is 19.1. The topological polar surface area (TPSA) is 37.8 Å². The third-order valence-electron chi connectivity index (χ3n) is 5.68. The summed E-state index contributed by atoms with van der Waals surface area (Å²) in [6.45, 7) is 5.24. The number of piperazine rings is 1. The van der Waals surface area contributed by atoms with Crippen LogP contribution >= 0.6 is 0 Å². The molecule has 3 heterocycles. The van der Waals surface area contributed by atoms with E-state index in [1.54, 1.807) is 12.1 Å². The molecule has 154 valence electrons. The lowest BCUT2D eigenvalue weighted by atomic mass is 10.1. The van der Waals surface area contributed by atoms with Gasteiger partial charge in [0.25, 0.3) is 0 Å². The van der Waals surface area contributed by atoms with E-state index in [4.69, 9.17) is 9.47 Å². The Hall–Kier alpha value is -2.96. The maximum atomic E-state index is 13.2. The van der Waals surface area contributed by atoms with Crippen LogP contribution in [0.2, 0.25) is 0 Å². The van der Waals surface area contributed by atoms with Crippen molar-refractivity contribution in [2.45, 2.75) is 12.8 Å². The molecule has 6 heteroatoms. The second-order valence-electron chi connectivity index (χ2n) is 7.70. The van der Waals surface area contributed by atoms with Crippen molar-refractivity contribution in [1.82, 2.24) is 14.8 Å². The first-order chi connectivity index (χ1) is 14.7. The number of halogens is 1. The summed E-state index contributed by atoms with van der Waals surface area (Å²) in [5, 5.41) is 0. The number of aromatic nitrogens is 1. The van der Waals surface area contributed by atoms with Crippen molar-refractivity contribution in [2.24, 2.45) is 0 Å². The molecule has 1 unspecified atom stereocenters. The zero-order valence-electron chi connectivity index (χ0n) is 16.7. The van der Waals surface area contributed by atoms with Crippen molar-refractivity contribution < 1.29 is 13.9 Å². The standard InChI is InChI=1S/C24H24FN3O2/c25-20-7-5-19(6-8-20)21-15-18(9-10-26-21)16-27-11-13-28(14-12-27)24-17-29-22-3-1-2-4-23(22)30-24/h1-10,15,24H,11-14,16-17H2. The molecule has 1 atom stereocenters. The number of hydrogen-bond donors (Lipinski definition) is 0. The minimum absolute atomic E-state index is 0.0342. The quantitative estimate of drug-likeness (QED) is 0.660. The molecule has 0 spiro atoms. The van der Waals surface area contributed by atoms with E-state index >= 15 is 0 Å². The molecule has 0 amide bonds. The van der Waals surface area contributed by atoms with Crippen molar-refractivity contribution >= 4 is 0 Å². The average molecular weight is 405 g/mol. The molecule has 0 aliphatic carbocycles. The summed E-state index contributed by atoms with van der Waals surface area (Å²) in [4.78, 5) is 9.24. The number of para-hydroxylation sites is 2. The Kier molecular flexibility index (Phi) is 5.34. The van der Waals surface area contributed by atoms with Gasteiger partial charge in [-0.15, -0.1) is 0 Å². The number of benzene rings is 2. The van der Waals surface area contributed by atoms with Crippen molar-refractivity contribution in [3.8, 4) is 22.8 Å². The van der Waals surface area contributed by atoms with Gasteiger partial charge in [-0.25, -0.2) is 4.39 Å². The van der Waals surface area contributed by atoms with E-state index in [0.717, 1.165) is 55.5 Å². The van der Waals surface area contributed by atoms with Crippen molar-refractivity contribution in [3.63, 3.8) is 0 Å². The summed E-state index contributed by atoms with van der Waals surface area (Å²) in [6, 6.07) is 18.5. The summed E-state index contributed by atoms with van der Waals surface area (Å²) in [6.07, 6.45) is 1.79. The zero-order valence-corrected chi connectivity index (χ0v) is 16.7. The Morgan fingerprint density at radius 3 is 2.50 bits per heavy atom. The number of hydrogen-bond acceptors (Lipinski definition) is 5. The van der Waals surface area contributed by atoms with Crippen molar-refractivity contribution in [3.05, 3.63) is 78.2 Å². The molecule has 5 nitrogen and oxygen atoms in total. The van der Waals surface area contributed by atoms with E-state index in [-0.39, 0.29) is 12.0 Å². The molecule has 2 aliphatic rings. The molecule has 5 rings (SSSR count). The Balaban J connectivity index is 1.18. The maximum absolute atomic E-state index is 13.2. The molecular formula is C24H24FN3O2. The van der Waals surface area contributed by atoms with E-state index in [1.807, 2.05) is 30.5 Å². The fourth-order valence-corrected chi connectivity index (χ4v) is 4.01. The van der Waals surface area contributed by atoms with Gasteiger partial charge in [-0.3, -0.25) is 14.8 Å². The monoisotopic (exact) mass is 405 g/mol. The van der Waals surface area contributed by atoms with E-state index in [1.165, 1.54) is 17.7 Å². The minimum Gasteiger partial charge on any atom is -0.484 e. The molecular weight excluding hydrogens is 381 g/mol. The van der Waals surface area contributed by atoms with Gasteiger partial charge in [0.2, 0.25) is 0 Å². The van der Waals surface area contributed by atoms with Gasteiger partial charge < -0.3 is 9.47 Å². The highest BCUT2D eigenvalue weighted by molar-refractivity contribution is 5.59. The third kappa shape index (κ3) is 4.15. The Bertz CT molecular complexity index is 1000. The largest absolute Gasteiger partial charge is 0.484 e. The molecule has 1 aromatic heterocycles. The van der Waals surface area contributed by atoms with E-state index in [2.05, 4.69) is 26.9 Å². The fourth-order valence-electron chi connectivity index (χ4n) is 4.01. The lowest BCUT2D eigenvalue weighted by Gasteiger charge is -2.40. The van der Waals surface area contributed by atoms with Crippen LogP contribution in [0.3, 0.4) is 0 Å². The second kappa shape index (κ2) is 8.42. The minimum atomic E-state index is -0.233. The Morgan fingerprint density at radius 1 is 0.933 bits per heavy atom. The van der Waals surface area contributed by atoms with Crippen LogP contribution in [-0.2, 0) is 6.54 Å². The van der Waals surface area contributed by atoms with Gasteiger partial charge in [0.1, 0.15) is 12.4 Å². The smallest absolute Gasteiger partial charge is 0.187 e. The van der Waals surface area contributed by atoms with Crippen molar-refractivity contribution in [1.29, 1.82) is 0 Å². The number of ether oxygens (including phenoxy) is 2. The van der Waals surface area contributed by atoms with E-state index < -0.39 is 0 Å². The molecule has 0 bridgehead atoms. The molecule has 0 radical (unpaired) electrons. The Labute approximate surface area is 175 Å². The second-order valence-corrected chi connectivity index (χ2v) is 7.70. The highest BCUT2D eigenvalue weighted by Gasteiger charge is 2.29. The number of pyridine rings is 1. The molecule has 0 saturated carbocycles. The first kappa shape index (κ1) is 19.0.